The number of aliphatic hydroxyl groups excluding tert-OH is 2. The molecule has 20 heteroatoms. The second-order valence-corrected chi connectivity index (χ2v) is 12.3. The minimum Gasteiger partial charge on any atom is -0.389 e. The van der Waals surface area contributed by atoms with Gasteiger partial charge in [0.25, 0.3) is 40.5 Å². The molecule has 0 heterocycles. The molecule has 0 spiro atoms. The van der Waals surface area contributed by atoms with Crippen LogP contribution in [-0.2, 0) is 48.8 Å². The Morgan fingerprint density at radius 2 is 0.844 bits per heavy atom. The molecule has 0 rings (SSSR count). The third kappa shape index (κ3) is 51.8. The summed E-state index contributed by atoms with van der Waals surface area (Å²) in [6, 6.07) is 0. The van der Waals surface area contributed by atoms with Gasteiger partial charge in [0, 0.05) is 26.2 Å². The van der Waals surface area contributed by atoms with Gasteiger partial charge in [-0.1, -0.05) is 0 Å². The number of hydrogen-bond donors (Lipinski definition) is 6. The van der Waals surface area contributed by atoms with Crippen molar-refractivity contribution in [2.45, 2.75) is 12.2 Å². The van der Waals surface area contributed by atoms with Gasteiger partial charge in [0.15, 0.2) is 0 Å². The first-order valence-electron chi connectivity index (χ1n) is 8.32. The molecular weight excluding hydrogens is 524 g/mol. The zero-order chi connectivity index (χ0) is 26.2. The number of rotatable bonds is 13. The van der Waals surface area contributed by atoms with Crippen LogP contribution in [-0.4, -0.2) is 130 Å². The second-order valence-electron chi connectivity index (χ2n) is 6.06. The molecule has 16 nitrogen and oxygen atoms in total. The van der Waals surface area contributed by atoms with Crippen molar-refractivity contribution in [3.63, 3.8) is 0 Å². The van der Waals surface area contributed by atoms with E-state index in [1.165, 1.54) is 0 Å². The standard InChI is InChI=1S/C10H24N2O8S2.2CH4O3S/c1-21(15,16)19-5-3-11-7-9(13)10(14)8-12-4-6-20-22(2,17)18;2*1-5(2,3)4/h9-14H,3-8H2,1-2H3;2*1H3,(H,2,3,4)/t9-,10+;;. The van der Waals surface area contributed by atoms with Gasteiger partial charge in [-0.15, -0.1) is 0 Å². The number of aliphatic hydroxyl groups is 2. The predicted octanol–water partition coefficient (Wildman–Crippen LogP) is -4.15. The summed E-state index contributed by atoms with van der Waals surface area (Å²) in [5, 5.41) is 24.7. The Balaban J connectivity index is -0.000000695. The van der Waals surface area contributed by atoms with Crippen molar-refractivity contribution in [3.8, 4) is 0 Å². The first-order valence-corrected chi connectivity index (χ1v) is 15.7. The highest BCUT2D eigenvalue weighted by Crippen LogP contribution is 1.92. The normalized spacial score (nSPS) is 14.4. The van der Waals surface area contributed by atoms with Crippen molar-refractivity contribution >= 4 is 40.5 Å². The quantitative estimate of drug-likeness (QED) is 0.0714. The molecule has 0 saturated heterocycles. The van der Waals surface area contributed by atoms with Gasteiger partial charge < -0.3 is 20.8 Å². The summed E-state index contributed by atoms with van der Waals surface area (Å²) < 4.78 is 103. The molecule has 2 atom stereocenters. The van der Waals surface area contributed by atoms with Crippen LogP contribution >= 0.6 is 0 Å². The molecule has 0 unspecified atom stereocenters. The van der Waals surface area contributed by atoms with Gasteiger partial charge in [-0.2, -0.15) is 33.7 Å². The highest BCUT2D eigenvalue weighted by atomic mass is 32.2. The van der Waals surface area contributed by atoms with Crippen LogP contribution in [0.3, 0.4) is 0 Å². The summed E-state index contributed by atoms with van der Waals surface area (Å²) >= 11 is 0. The lowest BCUT2D eigenvalue weighted by Gasteiger charge is -2.18. The Morgan fingerprint density at radius 1 is 0.625 bits per heavy atom. The smallest absolute Gasteiger partial charge is 0.264 e. The minimum absolute atomic E-state index is 0.0514. The SMILES string of the molecule is CS(=O)(=O)O.CS(=O)(=O)O.CS(=O)(=O)OCCNC[C@@H](O)[C@@H](O)CNCCOS(C)(=O)=O. The lowest BCUT2D eigenvalue weighted by Crippen LogP contribution is -2.43. The van der Waals surface area contributed by atoms with Gasteiger partial charge in [-0.25, -0.2) is 0 Å². The van der Waals surface area contributed by atoms with Crippen LogP contribution in [0.25, 0.3) is 0 Å². The molecule has 0 aliphatic heterocycles. The molecule has 0 saturated carbocycles. The summed E-state index contributed by atoms with van der Waals surface area (Å²) in [5.41, 5.74) is 0. The summed E-state index contributed by atoms with van der Waals surface area (Å²) in [5.74, 6) is 0. The molecule has 0 aliphatic rings. The van der Waals surface area contributed by atoms with Crippen molar-refractivity contribution in [2.75, 3.05) is 64.4 Å². The molecule has 0 amide bonds. The summed E-state index contributed by atoms with van der Waals surface area (Å²) in [4.78, 5) is 0. The van der Waals surface area contributed by atoms with E-state index >= 15 is 0 Å². The molecule has 0 bridgehead atoms. The van der Waals surface area contributed by atoms with Crippen molar-refractivity contribution in [2.24, 2.45) is 0 Å². The van der Waals surface area contributed by atoms with E-state index < -0.39 is 52.7 Å². The van der Waals surface area contributed by atoms with Gasteiger partial charge in [0.1, 0.15) is 0 Å². The average Bonchev–Trinajstić information content (AvgIpc) is 2.48. The van der Waals surface area contributed by atoms with Crippen molar-refractivity contribution in [1.82, 2.24) is 10.6 Å². The van der Waals surface area contributed by atoms with Crippen LogP contribution in [0.4, 0.5) is 0 Å². The van der Waals surface area contributed by atoms with Crippen molar-refractivity contribution in [1.29, 1.82) is 0 Å². The topological polar surface area (TPSA) is 260 Å². The van der Waals surface area contributed by atoms with Crippen LogP contribution in [0.2, 0.25) is 0 Å². The van der Waals surface area contributed by atoms with Crippen LogP contribution < -0.4 is 10.6 Å². The Hall–Kier alpha value is -0.520. The van der Waals surface area contributed by atoms with Crippen LogP contribution in [0, 0.1) is 0 Å². The Bertz CT molecular complexity index is 807. The molecule has 198 valence electrons. The first-order chi connectivity index (χ1) is 14.0. The Kier molecular flexibility index (Phi) is 19.1. The maximum Gasteiger partial charge on any atom is 0.264 e. The number of hydrogen-bond acceptors (Lipinski definition) is 14. The molecule has 0 radical (unpaired) electrons. The van der Waals surface area contributed by atoms with Crippen molar-refractivity contribution < 1.29 is 61.4 Å². The fourth-order valence-corrected chi connectivity index (χ4v) is 2.07. The molecule has 0 aliphatic carbocycles. The third-order valence-corrected chi connectivity index (χ3v) is 3.49. The molecule has 0 aromatic heterocycles. The number of nitrogens with one attached hydrogen (secondary N) is 2. The average molecular weight is 557 g/mol. The molecular formula is C12H32N2O14S4. The minimum atomic E-state index is -3.67. The van der Waals surface area contributed by atoms with E-state index in [9.17, 15) is 43.9 Å². The lowest BCUT2D eigenvalue weighted by molar-refractivity contribution is 0.0203. The van der Waals surface area contributed by atoms with E-state index in [2.05, 4.69) is 19.0 Å². The fourth-order valence-electron chi connectivity index (χ4n) is 1.30. The van der Waals surface area contributed by atoms with Gasteiger partial charge in [-0.3, -0.25) is 17.5 Å². The maximum absolute atomic E-state index is 10.7. The highest BCUT2D eigenvalue weighted by molar-refractivity contribution is 7.86. The van der Waals surface area contributed by atoms with E-state index in [4.69, 9.17) is 9.11 Å². The van der Waals surface area contributed by atoms with Crippen molar-refractivity contribution in [3.05, 3.63) is 0 Å². The van der Waals surface area contributed by atoms with Crippen LogP contribution in [0.1, 0.15) is 0 Å². The van der Waals surface area contributed by atoms with E-state index in [0.29, 0.717) is 12.5 Å². The maximum atomic E-state index is 10.7. The Morgan fingerprint density at radius 3 is 1.03 bits per heavy atom. The predicted molar refractivity (Wildman–Crippen MR) is 114 cm³/mol. The molecule has 0 fully saturated rings. The van der Waals surface area contributed by atoms with E-state index in [1.807, 2.05) is 0 Å². The van der Waals surface area contributed by atoms with E-state index in [0.717, 1.165) is 12.5 Å². The fraction of sp³-hybridized carbons (Fsp3) is 1.00. The molecule has 0 aromatic rings. The monoisotopic (exact) mass is 556 g/mol. The van der Waals surface area contributed by atoms with Crippen LogP contribution in [0.15, 0.2) is 0 Å². The van der Waals surface area contributed by atoms with Gasteiger partial charge in [0.05, 0.1) is 50.4 Å². The Labute approximate surface area is 189 Å². The van der Waals surface area contributed by atoms with E-state index in [1.54, 1.807) is 0 Å². The molecule has 0 aromatic carbocycles. The molecule has 6 N–H and O–H groups in total. The zero-order valence-electron chi connectivity index (χ0n) is 17.9. The van der Waals surface area contributed by atoms with Gasteiger partial charge >= 0.3 is 0 Å². The third-order valence-electron chi connectivity index (χ3n) is 2.30. The summed E-state index contributed by atoms with van der Waals surface area (Å²) in [6.45, 7) is 0.371. The zero-order valence-corrected chi connectivity index (χ0v) is 21.2. The highest BCUT2D eigenvalue weighted by Gasteiger charge is 2.15. The summed E-state index contributed by atoms with van der Waals surface area (Å²) in [7, 11) is -14.3. The summed E-state index contributed by atoms with van der Waals surface area (Å²) in [6.07, 6.45) is 1.17. The lowest BCUT2D eigenvalue weighted by atomic mass is 10.2. The van der Waals surface area contributed by atoms with Gasteiger partial charge in [0.2, 0.25) is 0 Å². The largest absolute Gasteiger partial charge is 0.389 e. The molecule has 32 heavy (non-hydrogen) atoms. The second kappa shape index (κ2) is 17.0. The van der Waals surface area contributed by atoms with E-state index in [-0.39, 0.29) is 39.4 Å². The first kappa shape index (κ1) is 36.1. The van der Waals surface area contributed by atoms with Gasteiger partial charge in [-0.05, 0) is 0 Å². The van der Waals surface area contributed by atoms with Crippen LogP contribution in [0.5, 0.6) is 0 Å².